The summed E-state index contributed by atoms with van der Waals surface area (Å²) in [6, 6.07) is 0.875. The minimum Gasteiger partial charge on any atom is -0.393 e. The lowest BCUT2D eigenvalue weighted by molar-refractivity contribution is 0.346. The van der Waals surface area contributed by atoms with E-state index in [9.17, 15) is 0 Å². The number of halogens is 2. The van der Waals surface area contributed by atoms with Crippen molar-refractivity contribution in [2.24, 2.45) is 0 Å². The van der Waals surface area contributed by atoms with E-state index >= 15 is 0 Å². The Kier molecular flexibility index (Phi) is 13.3. The topological polar surface area (TPSA) is 9.23 Å². The molecule has 110 valence electrons. The Morgan fingerprint density at radius 3 is 1.61 bits per heavy atom. The normalized spacial score (nSPS) is 12.0. The van der Waals surface area contributed by atoms with Gasteiger partial charge in [-0.2, -0.15) is 0 Å². The number of rotatable bonds is 13. The first-order valence-corrected chi connectivity index (χ1v) is 11.8. The van der Waals surface area contributed by atoms with E-state index in [4.69, 9.17) is 26.6 Å². The summed E-state index contributed by atoms with van der Waals surface area (Å²) in [6.07, 6.45) is 13.4. The maximum absolute atomic E-state index is 6.13. The van der Waals surface area contributed by atoms with Gasteiger partial charge in [0.25, 0.3) is 0 Å². The Morgan fingerprint density at radius 2 is 1.17 bits per heavy atom. The first kappa shape index (κ1) is 18.8. The minimum atomic E-state index is -2.35. The van der Waals surface area contributed by atoms with Gasteiger partial charge in [0.05, 0.1) is 0 Å². The summed E-state index contributed by atoms with van der Waals surface area (Å²) in [5, 5.41) is 0. The molecule has 0 rings (SSSR count). The molecule has 0 aromatic carbocycles. The first-order valence-electron chi connectivity index (χ1n) is 7.64. The SMILES string of the molecule is CCCCCCCCCCCC[Si](Cl)(Cl)OCC. The monoisotopic (exact) mass is 312 g/mol. The molecule has 0 amide bonds. The van der Waals surface area contributed by atoms with Gasteiger partial charge in [0.15, 0.2) is 0 Å². The van der Waals surface area contributed by atoms with Crippen molar-refractivity contribution in [1.29, 1.82) is 0 Å². The van der Waals surface area contributed by atoms with E-state index in [0.29, 0.717) is 6.61 Å². The summed E-state index contributed by atoms with van der Waals surface area (Å²) in [7, 11) is 0. The molecule has 4 heteroatoms. The summed E-state index contributed by atoms with van der Waals surface area (Å²) in [6.45, 7) is 2.50. The molecule has 0 aromatic rings. The van der Waals surface area contributed by atoms with Crippen LogP contribution >= 0.6 is 22.2 Å². The van der Waals surface area contributed by atoms with E-state index < -0.39 is 6.94 Å². The summed E-state index contributed by atoms with van der Waals surface area (Å²) >= 11 is 12.3. The molecule has 0 heterocycles. The van der Waals surface area contributed by atoms with Crippen LogP contribution in [-0.4, -0.2) is 13.5 Å². The lowest BCUT2D eigenvalue weighted by Gasteiger charge is -2.15. The zero-order valence-electron chi connectivity index (χ0n) is 12.1. The molecule has 0 saturated heterocycles. The zero-order valence-corrected chi connectivity index (χ0v) is 14.7. The van der Waals surface area contributed by atoms with Crippen LogP contribution in [0.15, 0.2) is 0 Å². The quantitative estimate of drug-likeness (QED) is 0.218. The second-order valence-corrected chi connectivity index (χ2v) is 11.3. The Morgan fingerprint density at radius 1 is 0.722 bits per heavy atom. The smallest absolute Gasteiger partial charge is 0.389 e. The van der Waals surface area contributed by atoms with E-state index in [-0.39, 0.29) is 0 Å². The molecule has 0 spiro atoms. The Hall–Kier alpha value is 0.757. The average Bonchev–Trinajstić information content (AvgIpc) is 2.31. The third-order valence-electron chi connectivity index (χ3n) is 3.18. The number of hydrogen-bond donors (Lipinski definition) is 0. The summed E-state index contributed by atoms with van der Waals surface area (Å²) < 4.78 is 5.38. The molecule has 0 saturated carbocycles. The summed E-state index contributed by atoms with van der Waals surface area (Å²) in [5.41, 5.74) is 0. The van der Waals surface area contributed by atoms with Crippen molar-refractivity contribution < 1.29 is 4.43 Å². The van der Waals surface area contributed by atoms with Crippen LogP contribution in [-0.2, 0) is 4.43 Å². The fraction of sp³-hybridized carbons (Fsp3) is 1.00. The number of hydrogen-bond acceptors (Lipinski definition) is 1. The molecule has 0 atom stereocenters. The number of unbranched alkanes of at least 4 members (excludes halogenated alkanes) is 9. The van der Waals surface area contributed by atoms with Crippen molar-refractivity contribution in [3.05, 3.63) is 0 Å². The van der Waals surface area contributed by atoms with Gasteiger partial charge in [0.2, 0.25) is 0 Å². The van der Waals surface area contributed by atoms with Gasteiger partial charge in [0.1, 0.15) is 0 Å². The predicted octanol–water partition coefficient (Wildman–Crippen LogP) is 6.36. The predicted molar refractivity (Wildman–Crippen MR) is 85.7 cm³/mol. The van der Waals surface area contributed by atoms with Crippen LogP contribution in [0.2, 0.25) is 6.04 Å². The minimum absolute atomic E-state index is 0.636. The Bertz CT molecular complexity index is 177. The van der Waals surface area contributed by atoms with Crippen molar-refractivity contribution in [2.45, 2.75) is 84.1 Å². The zero-order chi connectivity index (χ0) is 13.7. The molecular weight excluding hydrogens is 283 g/mol. The molecule has 0 aliphatic heterocycles. The van der Waals surface area contributed by atoms with Gasteiger partial charge in [0, 0.05) is 6.61 Å². The van der Waals surface area contributed by atoms with Gasteiger partial charge in [-0.05, 0) is 13.0 Å². The molecular formula is C14H30Cl2OSi. The van der Waals surface area contributed by atoms with Crippen molar-refractivity contribution >= 4 is 29.1 Å². The lowest BCUT2D eigenvalue weighted by atomic mass is 10.1. The Labute approximate surface area is 124 Å². The molecule has 0 bridgehead atoms. The highest BCUT2D eigenvalue weighted by Crippen LogP contribution is 2.25. The van der Waals surface area contributed by atoms with Crippen molar-refractivity contribution in [2.75, 3.05) is 6.61 Å². The maximum Gasteiger partial charge on any atom is 0.389 e. The van der Waals surface area contributed by atoms with Crippen LogP contribution in [0.4, 0.5) is 0 Å². The summed E-state index contributed by atoms with van der Waals surface area (Å²) in [4.78, 5) is 0. The molecule has 0 radical (unpaired) electrons. The van der Waals surface area contributed by atoms with E-state index in [2.05, 4.69) is 6.92 Å². The lowest BCUT2D eigenvalue weighted by Crippen LogP contribution is -2.23. The highest BCUT2D eigenvalue weighted by atomic mass is 35.7. The molecule has 18 heavy (non-hydrogen) atoms. The van der Waals surface area contributed by atoms with Crippen molar-refractivity contribution in [3.8, 4) is 0 Å². The van der Waals surface area contributed by atoms with Crippen LogP contribution in [0.3, 0.4) is 0 Å². The fourth-order valence-electron chi connectivity index (χ4n) is 2.10. The van der Waals surface area contributed by atoms with Gasteiger partial charge in [-0.3, -0.25) is 0 Å². The third-order valence-corrected chi connectivity index (χ3v) is 6.61. The van der Waals surface area contributed by atoms with Gasteiger partial charge in [-0.15, -0.1) is 22.2 Å². The molecule has 0 aromatic heterocycles. The standard InChI is InChI=1S/C14H30Cl2OSi/c1-3-5-6-7-8-9-10-11-12-13-14-18(15,16)17-4-2/h3-14H2,1-2H3. The molecule has 0 aliphatic carbocycles. The largest absolute Gasteiger partial charge is 0.393 e. The van der Waals surface area contributed by atoms with Crippen LogP contribution in [0.5, 0.6) is 0 Å². The maximum atomic E-state index is 6.13. The van der Waals surface area contributed by atoms with Crippen LogP contribution in [0.25, 0.3) is 0 Å². The molecule has 0 fully saturated rings. The molecule has 0 aliphatic rings. The third kappa shape index (κ3) is 13.2. The molecule has 0 N–H and O–H groups in total. The van der Waals surface area contributed by atoms with Gasteiger partial charge < -0.3 is 4.43 Å². The second kappa shape index (κ2) is 12.8. The van der Waals surface area contributed by atoms with Gasteiger partial charge >= 0.3 is 6.94 Å². The van der Waals surface area contributed by atoms with Gasteiger partial charge in [-0.25, -0.2) is 0 Å². The highest BCUT2D eigenvalue weighted by molar-refractivity contribution is 7.42. The summed E-state index contributed by atoms with van der Waals surface area (Å²) in [5.74, 6) is 0. The van der Waals surface area contributed by atoms with Crippen molar-refractivity contribution in [1.82, 2.24) is 0 Å². The van der Waals surface area contributed by atoms with Crippen LogP contribution < -0.4 is 0 Å². The van der Waals surface area contributed by atoms with E-state index in [1.807, 2.05) is 6.92 Å². The van der Waals surface area contributed by atoms with Crippen molar-refractivity contribution in [3.63, 3.8) is 0 Å². The van der Waals surface area contributed by atoms with Crippen LogP contribution in [0.1, 0.15) is 78.1 Å². The molecule has 0 unspecified atom stereocenters. The first-order chi connectivity index (χ1) is 8.62. The average molecular weight is 313 g/mol. The highest BCUT2D eigenvalue weighted by Gasteiger charge is 2.28. The van der Waals surface area contributed by atoms with E-state index in [1.165, 1.54) is 57.8 Å². The molecule has 1 nitrogen and oxygen atoms in total. The van der Waals surface area contributed by atoms with E-state index in [1.54, 1.807) is 0 Å². The van der Waals surface area contributed by atoms with Gasteiger partial charge in [-0.1, -0.05) is 71.1 Å². The Balaban J connectivity index is 3.16. The van der Waals surface area contributed by atoms with Crippen LogP contribution in [0, 0.1) is 0 Å². The fourth-order valence-corrected chi connectivity index (χ4v) is 4.79. The second-order valence-electron chi connectivity index (χ2n) is 5.00. The van der Waals surface area contributed by atoms with E-state index in [0.717, 1.165) is 12.5 Å².